The number of hydrogen-bond acceptors (Lipinski definition) is 5. The van der Waals surface area contributed by atoms with Crippen LogP contribution in [0, 0.1) is 0 Å². The molecule has 0 aromatic heterocycles. The molecule has 25 heavy (non-hydrogen) atoms. The van der Waals surface area contributed by atoms with Gasteiger partial charge in [-0.1, -0.05) is 30.4 Å². The maximum Gasteiger partial charge on any atom is 0.241 e. The van der Waals surface area contributed by atoms with Gasteiger partial charge >= 0.3 is 0 Å². The Hall–Kier alpha value is -1.70. The van der Waals surface area contributed by atoms with Gasteiger partial charge in [-0.05, 0) is 49.3 Å². The summed E-state index contributed by atoms with van der Waals surface area (Å²) < 4.78 is 27.8. The van der Waals surface area contributed by atoms with Crippen molar-refractivity contribution in [2.75, 3.05) is 0 Å². The van der Waals surface area contributed by atoms with Crippen LogP contribution in [0.15, 0.2) is 41.3 Å². The van der Waals surface area contributed by atoms with E-state index in [1.54, 1.807) is 24.3 Å². The van der Waals surface area contributed by atoms with Gasteiger partial charge in [0.15, 0.2) is 0 Å². The highest BCUT2D eigenvalue weighted by Gasteiger charge is 2.29. The maximum atomic E-state index is 12.5. The van der Waals surface area contributed by atoms with Gasteiger partial charge in [0, 0.05) is 23.4 Å². The number of allylic oxidation sites excluding steroid dienone is 4. The van der Waals surface area contributed by atoms with Crippen LogP contribution in [0.4, 0.5) is 0 Å². The van der Waals surface area contributed by atoms with Gasteiger partial charge in [0.05, 0.1) is 4.91 Å². The number of aromatic hydroxyl groups is 2. The summed E-state index contributed by atoms with van der Waals surface area (Å²) in [7, 11) is -3.59. The first-order valence-corrected chi connectivity index (χ1v) is 10.2. The third kappa shape index (κ3) is 4.11. The van der Waals surface area contributed by atoms with E-state index < -0.39 is 10.0 Å². The molecule has 2 aliphatic carbocycles. The standard InChI is InChI=1S/C18H21NO4S2/c20-14-9-10-15(16(21)11-14)12-5-7-13(8-6-12)19-25(22,23)18-4-2-1-3-17(18)24/h1-2,4,9-13,19-21H,3,5-8H2. The summed E-state index contributed by atoms with van der Waals surface area (Å²) in [5, 5.41) is 19.4. The number of hydrogen-bond donors (Lipinski definition) is 3. The van der Waals surface area contributed by atoms with Gasteiger partial charge in [-0.2, -0.15) is 0 Å². The quantitative estimate of drug-likeness (QED) is 0.699. The molecule has 0 atom stereocenters. The summed E-state index contributed by atoms with van der Waals surface area (Å²) in [5.74, 6) is 0.293. The van der Waals surface area contributed by atoms with Crippen LogP contribution in [-0.4, -0.2) is 29.5 Å². The van der Waals surface area contributed by atoms with Gasteiger partial charge in [0.2, 0.25) is 10.0 Å². The summed E-state index contributed by atoms with van der Waals surface area (Å²) >= 11 is 5.16. The van der Waals surface area contributed by atoms with Crippen LogP contribution >= 0.6 is 12.2 Å². The van der Waals surface area contributed by atoms with Gasteiger partial charge in [-0.15, -0.1) is 0 Å². The zero-order valence-electron chi connectivity index (χ0n) is 13.7. The molecule has 0 heterocycles. The Morgan fingerprint density at radius 3 is 2.48 bits per heavy atom. The van der Waals surface area contributed by atoms with Crippen molar-refractivity contribution in [3.05, 3.63) is 46.9 Å². The lowest BCUT2D eigenvalue weighted by atomic mass is 9.81. The molecule has 134 valence electrons. The molecular weight excluding hydrogens is 358 g/mol. The van der Waals surface area contributed by atoms with Crippen molar-refractivity contribution in [1.29, 1.82) is 0 Å². The molecule has 0 unspecified atom stereocenters. The number of phenolic OH excluding ortho intramolecular Hbond substituents is 2. The van der Waals surface area contributed by atoms with E-state index in [0.29, 0.717) is 24.1 Å². The number of nitrogens with one attached hydrogen (secondary N) is 1. The van der Waals surface area contributed by atoms with Crippen molar-refractivity contribution in [3.8, 4) is 11.5 Å². The first kappa shape index (κ1) is 18.1. The lowest BCUT2D eigenvalue weighted by molar-refractivity contribution is 0.363. The molecule has 3 N–H and O–H groups in total. The van der Waals surface area contributed by atoms with Gasteiger partial charge < -0.3 is 10.2 Å². The predicted octanol–water partition coefficient (Wildman–Crippen LogP) is 3.26. The van der Waals surface area contributed by atoms with Crippen LogP contribution in [0.25, 0.3) is 0 Å². The minimum Gasteiger partial charge on any atom is -0.508 e. The van der Waals surface area contributed by atoms with E-state index in [1.807, 2.05) is 6.08 Å². The lowest BCUT2D eigenvalue weighted by Gasteiger charge is -2.30. The minimum atomic E-state index is -3.59. The molecule has 2 aliphatic rings. The summed E-state index contributed by atoms with van der Waals surface area (Å²) in [4.78, 5) is 0.640. The first-order valence-electron chi connectivity index (χ1n) is 8.31. The molecule has 7 heteroatoms. The number of sulfonamides is 1. The Morgan fingerprint density at radius 1 is 1.12 bits per heavy atom. The molecule has 0 spiro atoms. The van der Waals surface area contributed by atoms with E-state index in [-0.39, 0.29) is 28.4 Å². The molecule has 3 rings (SSSR count). The van der Waals surface area contributed by atoms with E-state index in [2.05, 4.69) is 4.72 Å². The summed E-state index contributed by atoms with van der Waals surface area (Å²) in [6.07, 6.45) is 8.53. The molecule has 1 saturated carbocycles. The minimum absolute atomic E-state index is 0.0356. The molecule has 1 fully saturated rings. The van der Waals surface area contributed by atoms with Gasteiger partial charge in [-0.3, -0.25) is 0 Å². The third-order valence-electron chi connectivity index (χ3n) is 4.75. The average Bonchev–Trinajstić information content (AvgIpc) is 2.56. The van der Waals surface area contributed by atoms with Crippen LogP contribution in [0.1, 0.15) is 43.6 Å². The highest BCUT2D eigenvalue weighted by atomic mass is 32.2. The molecular formula is C18H21NO4S2. The molecule has 5 nitrogen and oxygen atoms in total. The third-order valence-corrected chi connectivity index (χ3v) is 6.88. The van der Waals surface area contributed by atoms with Crippen molar-refractivity contribution in [2.24, 2.45) is 0 Å². The fraction of sp³-hybridized carbons (Fsp3) is 0.389. The predicted molar refractivity (Wildman–Crippen MR) is 101 cm³/mol. The largest absolute Gasteiger partial charge is 0.508 e. The van der Waals surface area contributed by atoms with Crippen LogP contribution < -0.4 is 4.72 Å². The van der Waals surface area contributed by atoms with Crippen molar-refractivity contribution in [3.63, 3.8) is 0 Å². The van der Waals surface area contributed by atoms with E-state index in [4.69, 9.17) is 12.2 Å². The van der Waals surface area contributed by atoms with E-state index >= 15 is 0 Å². The Bertz CT molecular complexity index is 835. The van der Waals surface area contributed by atoms with E-state index in [0.717, 1.165) is 18.4 Å². The van der Waals surface area contributed by atoms with Crippen molar-refractivity contribution in [2.45, 2.75) is 44.1 Å². The van der Waals surface area contributed by atoms with Gasteiger partial charge in [0.25, 0.3) is 0 Å². The number of phenols is 2. The fourth-order valence-corrected chi connectivity index (χ4v) is 5.38. The second kappa shape index (κ2) is 7.27. The number of benzene rings is 1. The molecule has 0 radical (unpaired) electrons. The van der Waals surface area contributed by atoms with Gasteiger partial charge in [0.1, 0.15) is 11.5 Å². The molecule has 0 amide bonds. The second-order valence-corrected chi connectivity index (χ2v) is 8.67. The fourth-order valence-electron chi connectivity index (χ4n) is 3.45. The first-order chi connectivity index (χ1) is 11.9. The van der Waals surface area contributed by atoms with Crippen LogP contribution in [0.3, 0.4) is 0 Å². The Balaban J connectivity index is 1.64. The zero-order chi connectivity index (χ0) is 18.0. The lowest BCUT2D eigenvalue weighted by Crippen LogP contribution is -2.39. The van der Waals surface area contributed by atoms with Crippen molar-refractivity contribution >= 4 is 27.1 Å². The zero-order valence-corrected chi connectivity index (χ0v) is 15.3. The van der Waals surface area contributed by atoms with Crippen molar-refractivity contribution in [1.82, 2.24) is 4.72 Å². The maximum absolute atomic E-state index is 12.5. The van der Waals surface area contributed by atoms with Crippen LogP contribution in [0.2, 0.25) is 0 Å². The Kier molecular flexibility index (Phi) is 5.27. The molecule has 1 aromatic rings. The highest BCUT2D eigenvalue weighted by molar-refractivity contribution is 7.96. The average molecular weight is 380 g/mol. The normalized spacial score (nSPS) is 24.2. The van der Waals surface area contributed by atoms with Gasteiger partial charge in [-0.25, -0.2) is 13.1 Å². The van der Waals surface area contributed by atoms with E-state index in [1.165, 1.54) is 6.07 Å². The number of rotatable bonds is 4. The van der Waals surface area contributed by atoms with Crippen molar-refractivity contribution < 1.29 is 18.6 Å². The summed E-state index contributed by atoms with van der Waals surface area (Å²) in [6, 6.07) is 4.51. The molecule has 0 saturated heterocycles. The highest BCUT2D eigenvalue weighted by Crippen LogP contribution is 2.38. The SMILES string of the molecule is O=S(=O)(NC1CCC(c2ccc(O)cc2O)CC1)C1=CC=CCC1=S. The Morgan fingerprint density at radius 2 is 1.84 bits per heavy atom. The molecule has 0 bridgehead atoms. The molecule has 1 aromatic carbocycles. The van der Waals surface area contributed by atoms with Crippen LogP contribution in [0.5, 0.6) is 11.5 Å². The van der Waals surface area contributed by atoms with Crippen LogP contribution in [-0.2, 0) is 10.0 Å². The smallest absolute Gasteiger partial charge is 0.241 e. The number of thiocarbonyl (C=S) groups is 1. The summed E-state index contributed by atoms with van der Waals surface area (Å²) in [5.41, 5.74) is 0.806. The van der Waals surface area contributed by atoms with E-state index in [9.17, 15) is 18.6 Å². The monoisotopic (exact) mass is 379 g/mol. The molecule has 0 aliphatic heterocycles. The Labute approximate surface area is 153 Å². The second-order valence-electron chi connectivity index (χ2n) is 6.50. The topological polar surface area (TPSA) is 86.6 Å². The summed E-state index contributed by atoms with van der Waals surface area (Å²) in [6.45, 7) is 0.